The molecule has 6 rings (SSSR count). The zero-order valence-corrected chi connectivity index (χ0v) is 19.3. The average Bonchev–Trinajstić information content (AvgIpc) is 3.56. The molecule has 4 atom stereocenters. The summed E-state index contributed by atoms with van der Waals surface area (Å²) in [6, 6.07) is 9.35. The quantitative estimate of drug-likeness (QED) is 0.409. The lowest BCUT2D eigenvalue weighted by molar-refractivity contribution is -0.384. The number of nitrogens with one attached hydrogen (secondary N) is 1. The van der Waals surface area contributed by atoms with Crippen molar-refractivity contribution in [1.82, 2.24) is 4.90 Å². The van der Waals surface area contributed by atoms with Gasteiger partial charge in [-0.2, -0.15) is 0 Å². The molecule has 0 aromatic heterocycles. The van der Waals surface area contributed by atoms with Crippen molar-refractivity contribution in [3.05, 3.63) is 57.6 Å². The van der Waals surface area contributed by atoms with Crippen LogP contribution in [0.3, 0.4) is 0 Å². The van der Waals surface area contributed by atoms with Gasteiger partial charge >= 0.3 is 0 Å². The molecule has 1 spiro atoms. The smallest absolute Gasteiger partial charge is 0.271 e. The molecule has 180 valence electrons. The van der Waals surface area contributed by atoms with E-state index >= 15 is 0 Å². The Bertz CT molecular complexity index is 1330. The van der Waals surface area contributed by atoms with Crippen molar-refractivity contribution in [3.63, 3.8) is 0 Å². The van der Waals surface area contributed by atoms with Crippen molar-refractivity contribution in [1.29, 1.82) is 0 Å². The first-order valence-corrected chi connectivity index (χ1v) is 11.8. The van der Waals surface area contributed by atoms with Crippen LogP contribution in [-0.4, -0.2) is 47.2 Å². The van der Waals surface area contributed by atoms with Crippen LogP contribution in [0.15, 0.2) is 36.4 Å². The number of nitro groups is 1. The molecule has 0 radical (unpaired) electrons. The number of imide groups is 1. The molecular weight excluding hydrogens is 452 g/mol. The summed E-state index contributed by atoms with van der Waals surface area (Å²) in [7, 11) is 1.38. The third-order valence-corrected chi connectivity index (χ3v) is 8.08. The molecule has 10 heteroatoms. The lowest BCUT2D eigenvalue weighted by Crippen LogP contribution is -2.54. The average molecular weight is 476 g/mol. The molecule has 0 bridgehead atoms. The second-order valence-corrected chi connectivity index (χ2v) is 9.49. The lowest BCUT2D eigenvalue weighted by atomic mass is 9.75. The second kappa shape index (κ2) is 7.35. The van der Waals surface area contributed by atoms with E-state index in [1.165, 1.54) is 25.3 Å². The molecule has 3 amide bonds. The fraction of sp³-hybridized carbons (Fsp3) is 0.400. The lowest BCUT2D eigenvalue weighted by Gasteiger charge is -2.36. The Morgan fingerprint density at radius 1 is 1.17 bits per heavy atom. The first kappa shape index (κ1) is 21.7. The molecule has 4 aliphatic rings. The van der Waals surface area contributed by atoms with E-state index in [9.17, 15) is 24.5 Å². The van der Waals surface area contributed by atoms with E-state index in [1.54, 1.807) is 0 Å². The molecule has 2 aromatic rings. The molecule has 10 nitrogen and oxygen atoms in total. The van der Waals surface area contributed by atoms with Gasteiger partial charge in [0.05, 0.1) is 23.9 Å². The van der Waals surface area contributed by atoms with Gasteiger partial charge in [0.2, 0.25) is 17.7 Å². The molecular formula is C25H24N4O6. The number of benzene rings is 2. The molecule has 4 aliphatic heterocycles. The van der Waals surface area contributed by atoms with Crippen molar-refractivity contribution in [3.8, 4) is 5.75 Å². The van der Waals surface area contributed by atoms with Crippen LogP contribution in [0.2, 0.25) is 0 Å². The number of nitro benzene ring substituents is 1. The second-order valence-electron chi connectivity index (χ2n) is 9.49. The van der Waals surface area contributed by atoms with E-state index in [0.717, 1.165) is 28.9 Å². The van der Waals surface area contributed by atoms with Crippen LogP contribution >= 0.6 is 0 Å². The first-order valence-electron chi connectivity index (χ1n) is 11.8. The zero-order valence-electron chi connectivity index (χ0n) is 19.3. The normalized spacial score (nSPS) is 28.9. The fourth-order valence-electron chi connectivity index (χ4n) is 6.67. The Labute approximate surface area is 201 Å². The highest BCUT2D eigenvalue weighted by Crippen LogP contribution is 2.61. The number of hydrogen-bond acceptors (Lipinski definition) is 7. The highest BCUT2D eigenvalue weighted by Gasteiger charge is 2.74. The predicted octanol–water partition coefficient (Wildman–Crippen LogP) is 2.60. The van der Waals surface area contributed by atoms with Gasteiger partial charge in [-0.05, 0) is 43.5 Å². The largest absolute Gasteiger partial charge is 0.495 e. The number of fused-ring (bicyclic) bond motifs is 7. The summed E-state index contributed by atoms with van der Waals surface area (Å²) in [4.78, 5) is 55.7. The van der Waals surface area contributed by atoms with E-state index < -0.39 is 34.1 Å². The minimum atomic E-state index is -1.29. The van der Waals surface area contributed by atoms with E-state index in [-0.39, 0.29) is 29.1 Å². The number of hydrogen-bond donors (Lipinski definition) is 1. The summed E-state index contributed by atoms with van der Waals surface area (Å²) in [5.41, 5.74) is 0.911. The van der Waals surface area contributed by atoms with Crippen LogP contribution in [0.4, 0.5) is 17.1 Å². The number of nitrogens with zero attached hydrogens (tertiary/aromatic N) is 3. The maximum atomic E-state index is 14.1. The van der Waals surface area contributed by atoms with E-state index in [4.69, 9.17) is 4.74 Å². The van der Waals surface area contributed by atoms with Crippen molar-refractivity contribution in [2.75, 3.05) is 23.9 Å². The predicted molar refractivity (Wildman–Crippen MR) is 125 cm³/mol. The molecule has 0 saturated carbocycles. The highest BCUT2D eigenvalue weighted by molar-refractivity contribution is 6.26. The molecule has 0 unspecified atom stereocenters. The Balaban J connectivity index is 1.55. The maximum absolute atomic E-state index is 14.1. The minimum Gasteiger partial charge on any atom is -0.495 e. The maximum Gasteiger partial charge on any atom is 0.271 e. The molecule has 35 heavy (non-hydrogen) atoms. The number of ether oxygens (including phenoxy) is 1. The van der Waals surface area contributed by atoms with Crippen molar-refractivity contribution in [2.24, 2.45) is 11.8 Å². The van der Waals surface area contributed by atoms with Gasteiger partial charge in [0.1, 0.15) is 17.0 Å². The van der Waals surface area contributed by atoms with Crippen LogP contribution in [0.1, 0.15) is 30.9 Å². The number of methoxy groups -OCH3 is 1. The monoisotopic (exact) mass is 476 g/mol. The number of carbonyl (C=O) groups is 3. The topological polar surface area (TPSA) is 122 Å². The summed E-state index contributed by atoms with van der Waals surface area (Å²) < 4.78 is 5.36. The van der Waals surface area contributed by atoms with E-state index in [2.05, 4.69) is 10.2 Å². The van der Waals surface area contributed by atoms with Gasteiger partial charge in [-0.15, -0.1) is 0 Å². The summed E-state index contributed by atoms with van der Waals surface area (Å²) >= 11 is 0. The number of amides is 3. The highest BCUT2D eigenvalue weighted by atomic mass is 16.6. The number of non-ortho nitro benzene ring substituents is 1. The number of rotatable bonds is 4. The van der Waals surface area contributed by atoms with Gasteiger partial charge in [-0.25, -0.2) is 4.90 Å². The standard InChI is InChI=1S/C25H24N4O6/c1-3-13-6-8-16-15(11-13)25(24(32)26-16)21-20(17-5-4-10-27(17)25)22(30)28(23(21)31)18-12-14(29(33)34)7-9-19(18)35-2/h6-9,11-12,17,20-21H,3-5,10H2,1-2H3,(H,26,32)/t17-,20-,21-,25+/m1/s1. The molecule has 3 fully saturated rings. The molecule has 3 saturated heterocycles. The summed E-state index contributed by atoms with van der Waals surface area (Å²) in [5, 5.41) is 14.4. The third-order valence-electron chi connectivity index (χ3n) is 8.08. The number of aryl methyl sites for hydroxylation is 1. The fourth-order valence-corrected chi connectivity index (χ4v) is 6.67. The number of carbonyl (C=O) groups excluding carboxylic acids is 3. The van der Waals surface area contributed by atoms with Gasteiger partial charge in [-0.1, -0.05) is 19.1 Å². The summed E-state index contributed by atoms with van der Waals surface area (Å²) in [6.07, 6.45) is 2.27. The molecule has 2 aromatic carbocycles. The Morgan fingerprint density at radius 2 is 1.97 bits per heavy atom. The zero-order chi connectivity index (χ0) is 24.6. The minimum absolute atomic E-state index is 0.0340. The molecule has 0 aliphatic carbocycles. The first-order chi connectivity index (χ1) is 16.8. The van der Waals surface area contributed by atoms with Gasteiger partial charge in [-0.3, -0.25) is 29.4 Å². The van der Waals surface area contributed by atoms with Gasteiger partial charge in [0, 0.05) is 29.4 Å². The van der Waals surface area contributed by atoms with Crippen molar-refractivity contribution >= 4 is 34.8 Å². The molecule has 4 heterocycles. The van der Waals surface area contributed by atoms with Crippen LogP contribution in [0.25, 0.3) is 0 Å². The number of anilines is 2. The van der Waals surface area contributed by atoms with Crippen LogP contribution < -0.4 is 15.0 Å². The Kier molecular flexibility index (Phi) is 4.56. The van der Waals surface area contributed by atoms with Crippen molar-refractivity contribution in [2.45, 2.75) is 37.8 Å². The van der Waals surface area contributed by atoms with Crippen molar-refractivity contribution < 1.29 is 24.0 Å². The van der Waals surface area contributed by atoms with Gasteiger partial charge < -0.3 is 10.1 Å². The van der Waals surface area contributed by atoms with Gasteiger partial charge in [0.15, 0.2) is 0 Å². The van der Waals surface area contributed by atoms with E-state index in [0.29, 0.717) is 18.7 Å². The SMILES string of the molecule is CCc1ccc2c(c1)[C@@]1(C(=O)N2)[C@H]2C(=O)N(c3cc([N+](=O)[O-])ccc3OC)C(=O)[C@@H]2[C@H]2CCCN21. The summed E-state index contributed by atoms with van der Waals surface area (Å²) in [6.45, 7) is 2.64. The van der Waals surface area contributed by atoms with Crippen LogP contribution in [0, 0.1) is 22.0 Å². The Hall–Kier alpha value is -3.79. The van der Waals surface area contributed by atoms with Crippen LogP contribution in [0.5, 0.6) is 5.75 Å². The third kappa shape index (κ3) is 2.60. The van der Waals surface area contributed by atoms with Crippen LogP contribution in [-0.2, 0) is 26.3 Å². The van der Waals surface area contributed by atoms with Gasteiger partial charge in [0.25, 0.3) is 5.69 Å². The van der Waals surface area contributed by atoms with E-state index in [1.807, 2.05) is 25.1 Å². The summed E-state index contributed by atoms with van der Waals surface area (Å²) in [5.74, 6) is -2.75. The Morgan fingerprint density at radius 3 is 2.69 bits per heavy atom. The molecule has 1 N–H and O–H groups in total.